The summed E-state index contributed by atoms with van der Waals surface area (Å²) >= 11 is 0. The largest absolute Gasteiger partial charge is 0.300 e. The molecule has 0 bridgehead atoms. The average molecular weight is 350 g/mol. The van der Waals surface area contributed by atoms with Crippen molar-refractivity contribution in [1.82, 2.24) is 0 Å². The van der Waals surface area contributed by atoms with Gasteiger partial charge in [-0.1, -0.05) is 12.2 Å². The van der Waals surface area contributed by atoms with Gasteiger partial charge in [0.25, 0.3) is 6.08 Å². The first-order chi connectivity index (χ1) is 12.1. The van der Waals surface area contributed by atoms with E-state index in [1.807, 2.05) is 0 Å². The van der Waals surface area contributed by atoms with E-state index in [4.69, 9.17) is 0 Å². The second-order valence-electron chi connectivity index (χ2n) is 8.57. The standard InChI is InChI=1S/C22H32F2O/c23-22(24)15-18-5-3-16(4-6-18)1-2-17-7-9-19(10-8-17)20-11-13-21(25)14-12-20/h1-2,15-20H,3-14H2/b2-1+. The van der Waals surface area contributed by atoms with Crippen molar-refractivity contribution in [3.05, 3.63) is 24.3 Å². The number of hydrogen-bond acceptors (Lipinski definition) is 1. The van der Waals surface area contributed by atoms with Gasteiger partial charge >= 0.3 is 0 Å². The monoisotopic (exact) mass is 350 g/mol. The summed E-state index contributed by atoms with van der Waals surface area (Å²) in [6.45, 7) is 0. The van der Waals surface area contributed by atoms with E-state index in [0.717, 1.165) is 69.3 Å². The molecular weight excluding hydrogens is 318 g/mol. The molecule has 0 aromatic carbocycles. The minimum atomic E-state index is -1.52. The Labute approximate surface area is 150 Å². The predicted molar refractivity (Wildman–Crippen MR) is 97.3 cm³/mol. The van der Waals surface area contributed by atoms with Crippen LogP contribution in [0.1, 0.15) is 77.0 Å². The predicted octanol–water partition coefficient (Wildman–Crippen LogP) is 6.70. The van der Waals surface area contributed by atoms with Crippen LogP contribution in [0.4, 0.5) is 8.78 Å². The fourth-order valence-corrected chi connectivity index (χ4v) is 5.24. The van der Waals surface area contributed by atoms with Crippen LogP contribution in [0.2, 0.25) is 0 Å². The second-order valence-corrected chi connectivity index (χ2v) is 8.57. The lowest BCUT2D eigenvalue weighted by Crippen LogP contribution is -2.25. The van der Waals surface area contributed by atoms with Crippen molar-refractivity contribution in [3.63, 3.8) is 0 Å². The van der Waals surface area contributed by atoms with Crippen molar-refractivity contribution in [3.8, 4) is 0 Å². The third-order valence-electron chi connectivity index (χ3n) is 6.90. The number of carbonyl (C=O) groups is 1. The molecule has 0 heterocycles. The van der Waals surface area contributed by atoms with Gasteiger partial charge in [-0.3, -0.25) is 4.79 Å². The van der Waals surface area contributed by atoms with Gasteiger partial charge in [0.05, 0.1) is 0 Å². The van der Waals surface area contributed by atoms with Gasteiger partial charge in [-0.15, -0.1) is 0 Å². The number of Topliss-reactive ketones (excluding diaryl/α,β-unsaturated/α-hetero) is 1. The fraction of sp³-hybridized carbons (Fsp3) is 0.773. The van der Waals surface area contributed by atoms with Crippen molar-refractivity contribution in [2.75, 3.05) is 0 Å². The summed E-state index contributed by atoms with van der Waals surface area (Å²) in [6.07, 6.45) is 17.5. The molecule has 0 amide bonds. The number of ketones is 1. The third-order valence-corrected chi connectivity index (χ3v) is 6.90. The molecule has 0 spiro atoms. The highest BCUT2D eigenvalue weighted by Gasteiger charge is 2.29. The molecule has 3 aliphatic rings. The van der Waals surface area contributed by atoms with Gasteiger partial charge < -0.3 is 0 Å². The van der Waals surface area contributed by atoms with Crippen molar-refractivity contribution >= 4 is 5.78 Å². The van der Waals surface area contributed by atoms with Gasteiger partial charge in [0, 0.05) is 12.8 Å². The lowest BCUT2D eigenvalue weighted by molar-refractivity contribution is -0.121. The van der Waals surface area contributed by atoms with Crippen molar-refractivity contribution in [2.45, 2.75) is 77.0 Å². The summed E-state index contributed by atoms with van der Waals surface area (Å²) in [4.78, 5) is 11.4. The molecule has 0 N–H and O–H groups in total. The van der Waals surface area contributed by atoms with E-state index < -0.39 is 6.08 Å². The Balaban J connectivity index is 1.37. The van der Waals surface area contributed by atoms with Gasteiger partial charge in [-0.2, -0.15) is 8.78 Å². The first-order valence-electron chi connectivity index (χ1n) is 10.3. The number of rotatable bonds is 4. The molecule has 0 aromatic rings. The quantitative estimate of drug-likeness (QED) is 0.516. The molecule has 0 radical (unpaired) electrons. The summed E-state index contributed by atoms with van der Waals surface area (Å²) in [5.41, 5.74) is 0. The first kappa shape index (κ1) is 18.8. The van der Waals surface area contributed by atoms with Gasteiger partial charge in [-0.05, 0) is 99.9 Å². The van der Waals surface area contributed by atoms with E-state index in [-0.39, 0.29) is 5.92 Å². The molecule has 0 unspecified atom stereocenters. The summed E-state index contributed by atoms with van der Waals surface area (Å²) in [5.74, 6) is 3.49. The van der Waals surface area contributed by atoms with Crippen LogP contribution in [0.3, 0.4) is 0 Å². The van der Waals surface area contributed by atoms with Gasteiger partial charge in [0.2, 0.25) is 0 Å². The van der Waals surface area contributed by atoms with Crippen LogP contribution in [-0.4, -0.2) is 5.78 Å². The normalized spacial score (nSPS) is 35.0. The molecule has 3 saturated carbocycles. The minimum Gasteiger partial charge on any atom is -0.300 e. The van der Waals surface area contributed by atoms with Gasteiger partial charge in [0.15, 0.2) is 0 Å². The maximum atomic E-state index is 12.3. The van der Waals surface area contributed by atoms with E-state index in [2.05, 4.69) is 12.2 Å². The number of halogens is 2. The lowest BCUT2D eigenvalue weighted by Gasteiger charge is -2.35. The van der Waals surface area contributed by atoms with E-state index in [9.17, 15) is 13.6 Å². The van der Waals surface area contributed by atoms with Crippen LogP contribution in [0.5, 0.6) is 0 Å². The summed E-state index contributed by atoms with van der Waals surface area (Å²) in [7, 11) is 0. The zero-order valence-electron chi connectivity index (χ0n) is 15.3. The maximum absolute atomic E-state index is 12.3. The Hall–Kier alpha value is -0.990. The van der Waals surface area contributed by atoms with Crippen LogP contribution in [0, 0.1) is 29.6 Å². The third kappa shape index (κ3) is 5.76. The van der Waals surface area contributed by atoms with Crippen molar-refractivity contribution in [1.29, 1.82) is 0 Å². The maximum Gasteiger partial charge on any atom is 0.266 e. The molecule has 140 valence electrons. The molecule has 3 aliphatic carbocycles. The Kier molecular flexibility index (Phi) is 6.84. The Morgan fingerprint density at radius 1 is 0.680 bits per heavy atom. The number of hydrogen-bond donors (Lipinski definition) is 0. The highest BCUT2D eigenvalue weighted by Crippen LogP contribution is 2.40. The average Bonchev–Trinajstić information content (AvgIpc) is 2.62. The minimum absolute atomic E-state index is 0.0902. The summed E-state index contributed by atoms with van der Waals surface area (Å²) in [6, 6.07) is 0. The van der Waals surface area contributed by atoms with Crippen LogP contribution < -0.4 is 0 Å². The van der Waals surface area contributed by atoms with Crippen LogP contribution in [0.15, 0.2) is 24.3 Å². The molecule has 3 fully saturated rings. The highest BCUT2D eigenvalue weighted by atomic mass is 19.3. The zero-order chi connectivity index (χ0) is 17.6. The molecule has 0 aliphatic heterocycles. The molecular formula is C22H32F2O. The highest BCUT2D eigenvalue weighted by molar-refractivity contribution is 5.79. The van der Waals surface area contributed by atoms with Crippen molar-refractivity contribution < 1.29 is 13.6 Å². The molecule has 0 atom stereocenters. The molecule has 3 rings (SSSR count). The second kappa shape index (κ2) is 9.09. The molecule has 1 nitrogen and oxygen atoms in total. The van der Waals surface area contributed by atoms with Crippen LogP contribution in [-0.2, 0) is 4.79 Å². The first-order valence-corrected chi connectivity index (χ1v) is 10.3. The number of allylic oxidation sites excluding steroid dienone is 3. The fourth-order valence-electron chi connectivity index (χ4n) is 5.24. The topological polar surface area (TPSA) is 17.1 Å². The van der Waals surface area contributed by atoms with Crippen LogP contribution >= 0.6 is 0 Å². The Morgan fingerprint density at radius 2 is 1.12 bits per heavy atom. The molecule has 0 saturated heterocycles. The Morgan fingerprint density at radius 3 is 1.64 bits per heavy atom. The van der Waals surface area contributed by atoms with Gasteiger partial charge in [0.1, 0.15) is 5.78 Å². The summed E-state index contributed by atoms with van der Waals surface area (Å²) < 4.78 is 24.6. The number of carbonyl (C=O) groups excluding carboxylic acids is 1. The summed E-state index contributed by atoms with van der Waals surface area (Å²) in [5, 5.41) is 0. The lowest BCUT2D eigenvalue weighted by atomic mass is 9.70. The van der Waals surface area contributed by atoms with E-state index in [0.29, 0.717) is 17.6 Å². The molecule has 3 heteroatoms. The zero-order valence-corrected chi connectivity index (χ0v) is 15.3. The Bertz CT molecular complexity index is 480. The van der Waals surface area contributed by atoms with E-state index in [1.165, 1.54) is 25.7 Å². The van der Waals surface area contributed by atoms with E-state index >= 15 is 0 Å². The van der Waals surface area contributed by atoms with E-state index in [1.54, 1.807) is 0 Å². The molecule has 0 aromatic heterocycles. The smallest absolute Gasteiger partial charge is 0.266 e. The van der Waals surface area contributed by atoms with Crippen LogP contribution in [0.25, 0.3) is 0 Å². The van der Waals surface area contributed by atoms with Gasteiger partial charge in [-0.25, -0.2) is 0 Å². The SMILES string of the molecule is O=C1CCC(C2CCC(/C=C/C3CCC(C=C(F)F)CC3)CC2)CC1. The molecule has 25 heavy (non-hydrogen) atoms. The van der Waals surface area contributed by atoms with Crippen molar-refractivity contribution in [2.24, 2.45) is 29.6 Å².